The number of hydrogen-bond donors (Lipinski definition) is 1. The lowest BCUT2D eigenvalue weighted by atomic mass is 9.91. The van der Waals surface area contributed by atoms with Gasteiger partial charge >= 0.3 is 0 Å². The molecule has 0 spiro atoms. The predicted molar refractivity (Wildman–Crippen MR) is 96.9 cm³/mol. The molecule has 0 atom stereocenters. The normalized spacial score (nSPS) is 16.5. The molecule has 0 aliphatic heterocycles. The summed E-state index contributed by atoms with van der Waals surface area (Å²) in [5.41, 5.74) is 1.25. The number of fused-ring (bicyclic) bond motifs is 1. The summed E-state index contributed by atoms with van der Waals surface area (Å²) in [5, 5.41) is 4.35. The highest BCUT2D eigenvalue weighted by Crippen LogP contribution is 2.32. The van der Waals surface area contributed by atoms with Crippen LogP contribution in [0.4, 0.5) is 0 Å². The largest absolute Gasteiger partial charge is 0.322 e. The molecule has 0 amide bonds. The SMILES string of the molecule is O=S(=O)(CC1CCCCC1)c1cc2[nH]c(-n3cccn3)nc2cc1Cl. The van der Waals surface area contributed by atoms with Gasteiger partial charge in [0.25, 0.3) is 0 Å². The highest BCUT2D eigenvalue weighted by Gasteiger charge is 2.25. The van der Waals surface area contributed by atoms with E-state index in [4.69, 9.17) is 11.6 Å². The molecule has 0 saturated heterocycles. The van der Waals surface area contributed by atoms with Crippen LogP contribution >= 0.6 is 11.6 Å². The molecule has 6 nitrogen and oxygen atoms in total. The number of imidazole rings is 1. The smallest absolute Gasteiger partial charge is 0.229 e. The average Bonchev–Trinajstić information content (AvgIpc) is 3.23. The van der Waals surface area contributed by atoms with E-state index in [1.165, 1.54) is 6.42 Å². The van der Waals surface area contributed by atoms with Crippen molar-refractivity contribution in [2.45, 2.75) is 37.0 Å². The summed E-state index contributed by atoms with van der Waals surface area (Å²) in [6.07, 6.45) is 8.80. The van der Waals surface area contributed by atoms with Crippen molar-refractivity contribution in [1.82, 2.24) is 19.7 Å². The second kappa shape index (κ2) is 6.46. The predicted octanol–water partition coefficient (Wildman–Crippen LogP) is 3.76. The highest BCUT2D eigenvalue weighted by atomic mass is 35.5. The second-order valence-electron chi connectivity index (χ2n) is 6.60. The van der Waals surface area contributed by atoms with E-state index in [1.54, 1.807) is 35.3 Å². The van der Waals surface area contributed by atoms with Crippen LogP contribution in [0.1, 0.15) is 32.1 Å². The number of aromatic nitrogens is 4. The topological polar surface area (TPSA) is 80.6 Å². The van der Waals surface area contributed by atoms with Gasteiger partial charge in [-0.3, -0.25) is 0 Å². The van der Waals surface area contributed by atoms with Crippen LogP contribution in [-0.4, -0.2) is 33.9 Å². The van der Waals surface area contributed by atoms with Crippen LogP contribution in [0.3, 0.4) is 0 Å². The molecule has 25 heavy (non-hydrogen) atoms. The Labute approximate surface area is 151 Å². The third-order valence-corrected chi connectivity index (χ3v) is 7.10. The molecular weight excluding hydrogens is 360 g/mol. The fourth-order valence-corrected chi connectivity index (χ4v) is 5.79. The van der Waals surface area contributed by atoms with E-state index < -0.39 is 9.84 Å². The van der Waals surface area contributed by atoms with Crippen molar-refractivity contribution in [3.63, 3.8) is 0 Å². The maximum absolute atomic E-state index is 12.9. The molecule has 1 saturated carbocycles. The number of benzene rings is 1. The van der Waals surface area contributed by atoms with Crippen LogP contribution < -0.4 is 0 Å². The van der Waals surface area contributed by atoms with Crippen molar-refractivity contribution >= 4 is 32.5 Å². The standard InChI is InChI=1S/C17H19ClN4O2S/c18-13-9-14-15(21-17(20-14)22-8-4-7-19-22)10-16(13)25(23,24)11-12-5-2-1-3-6-12/h4,7-10,12H,1-3,5-6,11H2,(H,20,21). The minimum Gasteiger partial charge on any atom is -0.322 e. The number of nitrogens with zero attached hydrogens (tertiary/aromatic N) is 3. The quantitative estimate of drug-likeness (QED) is 0.749. The average molecular weight is 379 g/mol. The van der Waals surface area contributed by atoms with Crippen molar-refractivity contribution in [3.8, 4) is 5.95 Å². The number of nitrogens with one attached hydrogen (secondary N) is 1. The van der Waals surface area contributed by atoms with Crippen LogP contribution in [0, 0.1) is 5.92 Å². The van der Waals surface area contributed by atoms with E-state index in [1.807, 2.05) is 0 Å². The van der Waals surface area contributed by atoms with E-state index in [0.717, 1.165) is 25.7 Å². The maximum atomic E-state index is 12.9. The lowest BCUT2D eigenvalue weighted by Crippen LogP contribution is -2.19. The van der Waals surface area contributed by atoms with Gasteiger partial charge in [0.05, 0.1) is 26.7 Å². The molecule has 1 aliphatic carbocycles. The molecule has 0 radical (unpaired) electrons. The number of rotatable bonds is 4. The second-order valence-corrected chi connectivity index (χ2v) is 9.01. The molecule has 8 heteroatoms. The number of sulfone groups is 1. The van der Waals surface area contributed by atoms with Gasteiger partial charge in [-0.05, 0) is 37.0 Å². The molecule has 1 aromatic carbocycles. The van der Waals surface area contributed by atoms with Gasteiger partial charge in [0.1, 0.15) is 0 Å². The Morgan fingerprint density at radius 3 is 2.76 bits per heavy atom. The summed E-state index contributed by atoms with van der Waals surface area (Å²) in [4.78, 5) is 7.71. The van der Waals surface area contributed by atoms with Crippen molar-refractivity contribution in [2.75, 3.05) is 5.75 Å². The van der Waals surface area contributed by atoms with E-state index in [2.05, 4.69) is 15.1 Å². The van der Waals surface area contributed by atoms with Crippen LogP contribution in [-0.2, 0) is 9.84 Å². The molecule has 2 heterocycles. The molecule has 0 bridgehead atoms. The Bertz CT molecular complexity index is 989. The highest BCUT2D eigenvalue weighted by molar-refractivity contribution is 7.91. The minimum absolute atomic E-state index is 0.165. The first-order valence-corrected chi connectivity index (χ1v) is 10.5. The van der Waals surface area contributed by atoms with Gasteiger partial charge in [-0.2, -0.15) is 5.10 Å². The van der Waals surface area contributed by atoms with E-state index in [0.29, 0.717) is 17.0 Å². The summed E-state index contributed by atoms with van der Waals surface area (Å²) in [7, 11) is -3.43. The zero-order valence-corrected chi connectivity index (χ0v) is 15.2. The molecule has 2 aromatic heterocycles. The zero-order chi connectivity index (χ0) is 17.4. The number of aromatic amines is 1. The van der Waals surface area contributed by atoms with Gasteiger partial charge in [-0.15, -0.1) is 0 Å². The summed E-state index contributed by atoms with van der Waals surface area (Å²) >= 11 is 6.28. The number of H-pyrrole nitrogens is 1. The molecule has 3 aromatic rings. The first-order valence-electron chi connectivity index (χ1n) is 8.45. The van der Waals surface area contributed by atoms with E-state index in [-0.39, 0.29) is 21.6 Å². The maximum Gasteiger partial charge on any atom is 0.229 e. The molecule has 0 unspecified atom stereocenters. The Kier molecular flexibility index (Phi) is 4.29. The number of halogens is 1. The Morgan fingerprint density at radius 1 is 1.24 bits per heavy atom. The van der Waals surface area contributed by atoms with E-state index in [9.17, 15) is 8.42 Å². The summed E-state index contributed by atoms with van der Waals surface area (Å²) in [6.45, 7) is 0. The molecule has 1 fully saturated rings. The summed E-state index contributed by atoms with van der Waals surface area (Å²) in [6, 6.07) is 4.99. The van der Waals surface area contributed by atoms with Crippen molar-refractivity contribution in [3.05, 3.63) is 35.6 Å². The van der Waals surface area contributed by atoms with Gasteiger partial charge in [0.2, 0.25) is 5.95 Å². The van der Waals surface area contributed by atoms with Crippen LogP contribution in [0.5, 0.6) is 0 Å². The van der Waals surface area contributed by atoms with Gasteiger partial charge in [0, 0.05) is 12.4 Å². The Hall–Kier alpha value is -1.86. The first kappa shape index (κ1) is 16.6. The molecular formula is C17H19ClN4O2S. The van der Waals surface area contributed by atoms with Crippen LogP contribution in [0.15, 0.2) is 35.5 Å². The van der Waals surface area contributed by atoms with Crippen molar-refractivity contribution < 1.29 is 8.42 Å². The Balaban J connectivity index is 1.70. The first-order chi connectivity index (χ1) is 12.0. The van der Waals surface area contributed by atoms with Gasteiger partial charge in [0.15, 0.2) is 9.84 Å². The molecule has 1 N–H and O–H groups in total. The van der Waals surface area contributed by atoms with Gasteiger partial charge in [-0.1, -0.05) is 30.9 Å². The Morgan fingerprint density at radius 2 is 2.04 bits per heavy atom. The third-order valence-electron chi connectivity index (χ3n) is 4.76. The van der Waals surface area contributed by atoms with Crippen molar-refractivity contribution in [2.24, 2.45) is 5.92 Å². The monoisotopic (exact) mass is 378 g/mol. The summed E-state index contributed by atoms with van der Waals surface area (Å²) in [5.74, 6) is 0.920. The minimum atomic E-state index is -3.43. The van der Waals surface area contributed by atoms with Gasteiger partial charge in [-0.25, -0.2) is 18.1 Å². The third kappa shape index (κ3) is 3.30. The fraction of sp³-hybridized carbons (Fsp3) is 0.412. The van der Waals surface area contributed by atoms with Crippen LogP contribution in [0.2, 0.25) is 5.02 Å². The lowest BCUT2D eigenvalue weighted by Gasteiger charge is -2.21. The molecule has 1 aliphatic rings. The molecule has 4 rings (SSSR count). The fourth-order valence-electron chi connectivity index (χ4n) is 3.49. The lowest BCUT2D eigenvalue weighted by molar-refractivity contribution is 0.385. The van der Waals surface area contributed by atoms with Crippen molar-refractivity contribution in [1.29, 1.82) is 0 Å². The number of hydrogen-bond acceptors (Lipinski definition) is 4. The molecule has 132 valence electrons. The zero-order valence-electron chi connectivity index (χ0n) is 13.7. The summed E-state index contributed by atoms with van der Waals surface area (Å²) < 4.78 is 27.3. The van der Waals surface area contributed by atoms with Crippen LogP contribution in [0.25, 0.3) is 17.0 Å². The van der Waals surface area contributed by atoms with Gasteiger partial charge < -0.3 is 4.98 Å². The van der Waals surface area contributed by atoms with E-state index >= 15 is 0 Å².